The molecule has 0 aliphatic carbocycles. The number of nitrogens with zero attached hydrogens (tertiary/aromatic N) is 3. The average Bonchev–Trinajstić information content (AvgIpc) is 2.71. The SMILES string of the molecule is Cc1nc(-c2ccccn2)sc1C(=O)N(C)C. The Hall–Kier alpha value is -1.75. The van der Waals surface area contributed by atoms with Crippen molar-refractivity contribution in [3.63, 3.8) is 0 Å². The first-order valence-corrected chi connectivity index (χ1v) is 6.01. The van der Waals surface area contributed by atoms with Crippen LogP contribution in [0.4, 0.5) is 0 Å². The third-order valence-corrected chi connectivity index (χ3v) is 3.45. The minimum atomic E-state index is -0.0119. The third kappa shape index (κ3) is 2.34. The minimum absolute atomic E-state index is 0.0119. The molecule has 4 nitrogen and oxygen atoms in total. The Morgan fingerprint density at radius 1 is 1.35 bits per heavy atom. The van der Waals surface area contributed by atoms with E-state index in [9.17, 15) is 4.79 Å². The zero-order valence-corrected chi connectivity index (χ0v) is 10.8. The lowest BCUT2D eigenvalue weighted by Crippen LogP contribution is -2.21. The highest BCUT2D eigenvalue weighted by Crippen LogP contribution is 2.26. The Balaban J connectivity index is 2.41. The predicted molar refractivity (Wildman–Crippen MR) is 68.1 cm³/mol. The Bertz CT molecular complexity index is 534. The van der Waals surface area contributed by atoms with Gasteiger partial charge in [0, 0.05) is 20.3 Å². The van der Waals surface area contributed by atoms with Crippen molar-refractivity contribution in [1.29, 1.82) is 0 Å². The summed E-state index contributed by atoms with van der Waals surface area (Å²) < 4.78 is 0. The molecule has 1 amide bonds. The Kier molecular flexibility index (Phi) is 3.19. The van der Waals surface area contributed by atoms with E-state index in [0.717, 1.165) is 16.4 Å². The van der Waals surface area contributed by atoms with Gasteiger partial charge in [-0.25, -0.2) is 4.98 Å². The standard InChI is InChI=1S/C12H13N3OS/c1-8-10(12(16)15(2)3)17-11(14-8)9-6-4-5-7-13-9/h4-7H,1-3H3. The van der Waals surface area contributed by atoms with Crippen LogP contribution in [-0.2, 0) is 0 Å². The molecule has 0 atom stereocenters. The summed E-state index contributed by atoms with van der Waals surface area (Å²) in [6, 6.07) is 5.66. The molecule has 0 saturated carbocycles. The number of amides is 1. The second-order valence-electron chi connectivity index (χ2n) is 3.85. The summed E-state index contributed by atoms with van der Waals surface area (Å²) in [6.07, 6.45) is 1.72. The van der Waals surface area contributed by atoms with Crippen molar-refractivity contribution in [2.45, 2.75) is 6.92 Å². The molecular weight excluding hydrogens is 234 g/mol. The highest BCUT2D eigenvalue weighted by Gasteiger charge is 2.17. The third-order valence-electron chi connectivity index (χ3n) is 2.28. The van der Waals surface area contributed by atoms with E-state index >= 15 is 0 Å². The Labute approximate surface area is 104 Å². The number of rotatable bonds is 2. The zero-order chi connectivity index (χ0) is 12.4. The van der Waals surface area contributed by atoms with Gasteiger partial charge in [-0.2, -0.15) is 0 Å². The van der Waals surface area contributed by atoms with Crippen LogP contribution in [0, 0.1) is 6.92 Å². The first-order valence-electron chi connectivity index (χ1n) is 5.20. The lowest BCUT2D eigenvalue weighted by Gasteiger charge is -2.07. The van der Waals surface area contributed by atoms with E-state index in [-0.39, 0.29) is 5.91 Å². The molecule has 2 aromatic heterocycles. The van der Waals surface area contributed by atoms with E-state index in [1.165, 1.54) is 11.3 Å². The molecule has 0 N–H and O–H groups in total. The van der Waals surface area contributed by atoms with Gasteiger partial charge in [-0.05, 0) is 19.1 Å². The van der Waals surface area contributed by atoms with E-state index in [0.29, 0.717) is 4.88 Å². The second kappa shape index (κ2) is 4.63. The molecule has 0 unspecified atom stereocenters. The van der Waals surface area contributed by atoms with Crippen LogP contribution in [0.25, 0.3) is 10.7 Å². The summed E-state index contributed by atoms with van der Waals surface area (Å²) in [4.78, 5) is 22.7. The van der Waals surface area contributed by atoms with Crippen molar-refractivity contribution in [2.24, 2.45) is 0 Å². The first kappa shape index (κ1) is 11.7. The maximum absolute atomic E-state index is 11.9. The Morgan fingerprint density at radius 2 is 2.12 bits per heavy atom. The van der Waals surface area contributed by atoms with E-state index in [4.69, 9.17) is 0 Å². The fourth-order valence-electron chi connectivity index (χ4n) is 1.40. The predicted octanol–water partition coefficient (Wildman–Crippen LogP) is 2.22. The van der Waals surface area contributed by atoms with E-state index in [1.54, 1.807) is 25.2 Å². The zero-order valence-electron chi connectivity index (χ0n) is 9.97. The lowest BCUT2D eigenvalue weighted by molar-refractivity contribution is 0.0831. The molecule has 2 aromatic rings. The van der Waals surface area contributed by atoms with Crippen molar-refractivity contribution in [1.82, 2.24) is 14.9 Å². The summed E-state index contributed by atoms with van der Waals surface area (Å²) in [5.74, 6) is -0.0119. The first-order chi connectivity index (χ1) is 8.09. The highest BCUT2D eigenvalue weighted by atomic mass is 32.1. The van der Waals surface area contributed by atoms with Crippen molar-refractivity contribution in [3.8, 4) is 10.7 Å². The van der Waals surface area contributed by atoms with Gasteiger partial charge in [0.15, 0.2) is 0 Å². The molecule has 0 fully saturated rings. The maximum atomic E-state index is 11.9. The van der Waals surface area contributed by atoms with Gasteiger partial charge in [-0.3, -0.25) is 9.78 Å². The Morgan fingerprint density at radius 3 is 2.71 bits per heavy atom. The largest absolute Gasteiger partial charge is 0.344 e. The molecule has 2 rings (SSSR count). The summed E-state index contributed by atoms with van der Waals surface area (Å²) in [7, 11) is 3.48. The molecule has 0 bridgehead atoms. The molecule has 0 saturated heterocycles. The summed E-state index contributed by atoms with van der Waals surface area (Å²) in [5, 5.41) is 0.785. The number of thiazole rings is 1. The lowest BCUT2D eigenvalue weighted by atomic mass is 10.3. The van der Waals surface area contributed by atoms with Crippen LogP contribution in [0.3, 0.4) is 0 Å². The van der Waals surface area contributed by atoms with Crippen LogP contribution >= 0.6 is 11.3 Å². The van der Waals surface area contributed by atoms with Crippen LogP contribution in [0.15, 0.2) is 24.4 Å². The van der Waals surface area contributed by atoms with Crippen LogP contribution in [-0.4, -0.2) is 34.9 Å². The van der Waals surface area contributed by atoms with Gasteiger partial charge in [0.1, 0.15) is 9.88 Å². The molecule has 0 aromatic carbocycles. The second-order valence-corrected chi connectivity index (χ2v) is 4.85. The molecule has 0 radical (unpaired) electrons. The van der Waals surface area contributed by atoms with E-state index in [1.807, 2.05) is 25.1 Å². The maximum Gasteiger partial charge on any atom is 0.265 e. The number of aryl methyl sites for hydroxylation is 1. The number of hydrogen-bond donors (Lipinski definition) is 0. The van der Waals surface area contributed by atoms with Crippen molar-refractivity contribution in [3.05, 3.63) is 35.0 Å². The number of carbonyl (C=O) groups excluding carboxylic acids is 1. The van der Waals surface area contributed by atoms with Gasteiger partial charge in [0.25, 0.3) is 5.91 Å². The molecule has 88 valence electrons. The van der Waals surface area contributed by atoms with Gasteiger partial charge < -0.3 is 4.90 Å². The molecule has 17 heavy (non-hydrogen) atoms. The van der Waals surface area contributed by atoms with Crippen LogP contribution < -0.4 is 0 Å². The summed E-state index contributed by atoms with van der Waals surface area (Å²) in [5.41, 5.74) is 1.56. The summed E-state index contributed by atoms with van der Waals surface area (Å²) >= 11 is 1.38. The smallest absolute Gasteiger partial charge is 0.265 e. The number of carbonyl (C=O) groups is 1. The molecule has 0 aliphatic heterocycles. The fourth-order valence-corrected chi connectivity index (χ4v) is 2.46. The molecule has 0 spiro atoms. The van der Waals surface area contributed by atoms with Crippen LogP contribution in [0.5, 0.6) is 0 Å². The highest BCUT2D eigenvalue weighted by molar-refractivity contribution is 7.17. The van der Waals surface area contributed by atoms with Crippen molar-refractivity contribution < 1.29 is 4.79 Å². The van der Waals surface area contributed by atoms with Crippen LogP contribution in [0.2, 0.25) is 0 Å². The molecule has 2 heterocycles. The quantitative estimate of drug-likeness (QED) is 0.817. The molecule has 5 heteroatoms. The van der Waals surface area contributed by atoms with E-state index in [2.05, 4.69) is 9.97 Å². The van der Waals surface area contributed by atoms with Crippen molar-refractivity contribution in [2.75, 3.05) is 14.1 Å². The molecule has 0 aliphatic rings. The molecular formula is C12H13N3OS. The van der Waals surface area contributed by atoms with Crippen molar-refractivity contribution >= 4 is 17.2 Å². The fraction of sp³-hybridized carbons (Fsp3) is 0.250. The number of pyridine rings is 1. The topological polar surface area (TPSA) is 46.1 Å². The minimum Gasteiger partial charge on any atom is -0.344 e. The van der Waals surface area contributed by atoms with Crippen LogP contribution in [0.1, 0.15) is 15.4 Å². The van der Waals surface area contributed by atoms with E-state index < -0.39 is 0 Å². The van der Waals surface area contributed by atoms with Gasteiger partial charge in [0.05, 0.1) is 11.4 Å². The summed E-state index contributed by atoms with van der Waals surface area (Å²) in [6.45, 7) is 1.85. The normalized spacial score (nSPS) is 10.3. The van der Waals surface area contributed by atoms with Gasteiger partial charge in [-0.15, -0.1) is 11.3 Å². The average molecular weight is 247 g/mol. The monoisotopic (exact) mass is 247 g/mol. The van der Waals surface area contributed by atoms with Gasteiger partial charge in [0.2, 0.25) is 0 Å². The van der Waals surface area contributed by atoms with Gasteiger partial charge >= 0.3 is 0 Å². The van der Waals surface area contributed by atoms with Gasteiger partial charge in [-0.1, -0.05) is 6.07 Å². The number of hydrogen-bond acceptors (Lipinski definition) is 4. The number of aromatic nitrogens is 2.